The molecule has 0 radical (unpaired) electrons. The van der Waals surface area contributed by atoms with E-state index in [1.165, 1.54) is 12.8 Å². The third-order valence-corrected chi connectivity index (χ3v) is 6.91. The van der Waals surface area contributed by atoms with Crippen LogP contribution in [0.2, 0.25) is 0 Å². The highest BCUT2D eigenvalue weighted by Gasteiger charge is 2.28. The highest BCUT2D eigenvalue weighted by Crippen LogP contribution is 2.29. The molecular formula is C19H32N4OS. The Bertz CT molecular complexity index is 576. The van der Waals surface area contributed by atoms with E-state index in [0.717, 1.165) is 49.8 Å². The van der Waals surface area contributed by atoms with Gasteiger partial charge in [0.15, 0.2) is 5.13 Å². The Labute approximate surface area is 155 Å². The summed E-state index contributed by atoms with van der Waals surface area (Å²) in [5.41, 5.74) is 1.09. The van der Waals surface area contributed by atoms with Crippen molar-refractivity contribution >= 4 is 22.4 Å². The van der Waals surface area contributed by atoms with Crippen molar-refractivity contribution in [3.8, 4) is 0 Å². The van der Waals surface area contributed by atoms with Crippen LogP contribution in [0.15, 0.2) is 5.38 Å². The number of hydrogen-bond acceptors (Lipinski definition) is 5. The number of aromatic nitrogens is 1. The van der Waals surface area contributed by atoms with Gasteiger partial charge in [0.1, 0.15) is 0 Å². The fourth-order valence-corrected chi connectivity index (χ4v) is 4.91. The van der Waals surface area contributed by atoms with E-state index in [2.05, 4.69) is 39.3 Å². The van der Waals surface area contributed by atoms with Gasteiger partial charge in [-0.05, 0) is 31.6 Å². The Morgan fingerprint density at radius 1 is 1.24 bits per heavy atom. The van der Waals surface area contributed by atoms with Crippen LogP contribution in [0.3, 0.4) is 0 Å². The molecule has 1 saturated carbocycles. The van der Waals surface area contributed by atoms with Crippen molar-refractivity contribution in [2.24, 2.45) is 11.8 Å². The lowest BCUT2D eigenvalue weighted by molar-refractivity contribution is -0.123. The van der Waals surface area contributed by atoms with Gasteiger partial charge < -0.3 is 10.2 Å². The quantitative estimate of drug-likeness (QED) is 0.892. The van der Waals surface area contributed by atoms with E-state index in [1.807, 2.05) is 6.92 Å². The van der Waals surface area contributed by atoms with Crippen LogP contribution in [-0.4, -0.2) is 54.6 Å². The van der Waals surface area contributed by atoms with E-state index in [1.54, 1.807) is 11.3 Å². The third kappa shape index (κ3) is 4.94. The maximum Gasteiger partial charge on any atom is 0.234 e. The smallest absolute Gasteiger partial charge is 0.234 e. The van der Waals surface area contributed by atoms with Gasteiger partial charge in [-0.15, -0.1) is 11.3 Å². The topological polar surface area (TPSA) is 48.5 Å². The van der Waals surface area contributed by atoms with Crippen LogP contribution >= 0.6 is 11.3 Å². The highest BCUT2D eigenvalue weighted by molar-refractivity contribution is 7.13. The summed E-state index contributed by atoms with van der Waals surface area (Å²) in [5.74, 6) is 1.50. The summed E-state index contributed by atoms with van der Waals surface area (Å²) in [7, 11) is 0. The Kier molecular flexibility index (Phi) is 6.34. The monoisotopic (exact) mass is 364 g/mol. The predicted molar refractivity (Wildman–Crippen MR) is 104 cm³/mol. The average Bonchev–Trinajstić information content (AvgIpc) is 2.87. The van der Waals surface area contributed by atoms with Crippen molar-refractivity contribution in [1.82, 2.24) is 15.2 Å². The standard InChI is InChI=1S/C19H32N4OS/c1-14-6-4-7-17(16(14)3)21-18(24)12-22-8-5-9-23(11-10-22)19-20-15(2)13-25-19/h13-14,16-17H,4-12H2,1-3H3,(H,21,24). The summed E-state index contributed by atoms with van der Waals surface area (Å²) in [6.45, 7) is 11.1. The van der Waals surface area contributed by atoms with Crippen molar-refractivity contribution in [2.45, 2.75) is 52.5 Å². The van der Waals surface area contributed by atoms with Gasteiger partial charge in [0, 0.05) is 37.6 Å². The second-order valence-corrected chi connectivity index (χ2v) is 8.67. The molecule has 1 amide bonds. The van der Waals surface area contributed by atoms with Crippen molar-refractivity contribution in [3.05, 3.63) is 11.1 Å². The number of carbonyl (C=O) groups excluding carboxylic acids is 1. The Balaban J connectivity index is 1.47. The highest BCUT2D eigenvalue weighted by atomic mass is 32.1. The summed E-state index contributed by atoms with van der Waals surface area (Å²) >= 11 is 1.72. The number of hydrogen-bond donors (Lipinski definition) is 1. The number of aryl methyl sites for hydroxylation is 1. The first-order chi connectivity index (χ1) is 12.0. The van der Waals surface area contributed by atoms with Crippen LogP contribution in [0.5, 0.6) is 0 Å². The van der Waals surface area contributed by atoms with E-state index in [-0.39, 0.29) is 5.91 Å². The van der Waals surface area contributed by atoms with Gasteiger partial charge in [-0.3, -0.25) is 9.69 Å². The first-order valence-electron chi connectivity index (χ1n) is 9.71. The zero-order chi connectivity index (χ0) is 17.8. The molecule has 1 aromatic heterocycles. The van der Waals surface area contributed by atoms with E-state index < -0.39 is 0 Å². The third-order valence-electron chi connectivity index (χ3n) is 5.89. The molecule has 1 aromatic rings. The summed E-state index contributed by atoms with van der Waals surface area (Å²) in [4.78, 5) is 21.8. The van der Waals surface area contributed by atoms with Crippen molar-refractivity contribution in [2.75, 3.05) is 37.6 Å². The number of rotatable bonds is 4. The molecular weight excluding hydrogens is 332 g/mol. The number of carbonyl (C=O) groups is 1. The fraction of sp³-hybridized carbons (Fsp3) is 0.789. The molecule has 1 aliphatic carbocycles. The summed E-state index contributed by atoms with van der Waals surface area (Å²) in [5, 5.41) is 6.54. The molecule has 5 nitrogen and oxygen atoms in total. The van der Waals surface area contributed by atoms with Gasteiger partial charge in [0.25, 0.3) is 0 Å². The molecule has 3 rings (SSSR count). The summed E-state index contributed by atoms with van der Waals surface area (Å²) in [6.07, 6.45) is 4.76. The molecule has 1 saturated heterocycles. The molecule has 1 aliphatic heterocycles. The molecule has 0 aromatic carbocycles. The molecule has 6 heteroatoms. The van der Waals surface area contributed by atoms with Crippen LogP contribution in [-0.2, 0) is 4.79 Å². The molecule has 25 heavy (non-hydrogen) atoms. The van der Waals surface area contributed by atoms with E-state index in [9.17, 15) is 4.79 Å². The van der Waals surface area contributed by atoms with Crippen LogP contribution in [0.1, 0.15) is 45.2 Å². The molecule has 2 fully saturated rings. The molecule has 0 spiro atoms. The molecule has 140 valence electrons. The molecule has 3 atom stereocenters. The van der Waals surface area contributed by atoms with Gasteiger partial charge >= 0.3 is 0 Å². The van der Waals surface area contributed by atoms with Gasteiger partial charge in [0.2, 0.25) is 5.91 Å². The normalized spacial score (nSPS) is 28.6. The van der Waals surface area contributed by atoms with Crippen molar-refractivity contribution in [1.29, 1.82) is 0 Å². The largest absolute Gasteiger partial charge is 0.352 e. The lowest BCUT2D eigenvalue weighted by atomic mass is 9.78. The first kappa shape index (κ1) is 18.6. The minimum absolute atomic E-state index is 0.199. The van der Waals surface area contributed by atoms with Crippen LogP contribution in [0.25, 0.3) is 0 Å². The SMILES string of the molecule is Cc1csc(N2CCCN(CC(=O)NC3CCCC(C)C3C)CC2)n1. The molecule has 3 unspecified atom stereocenters. The van der Waals surface area contributed by atoms with Crippen LogP contribution in [0.4, 0.5) is 5.13 Å². The lowest BCUT2D eigenvalue weighted by Gasteiger charge is -2.35. The van der Waals surface area contributed by atoms with Gasteiger partial charge in [0.05, 0.1) is 12.2 Å². The Hall–Kier alpha value is -1.14. The minimum atomic E-state index is 0.199. The van der Waals surface area contributed by atoms with E-state index in [4.69, 9.17) is 0 Å². The van der Waals surface area contributed by atoms with Gasteiger partial charge in [-0.1, -0.05) is 26.7 Å². The number of anilines is 1. The maximum atomic E-state index is 12.5. The van der Waals surface area contributed by atoms with Crippen molar-refractivity contribution in [3.63, 3.8) is 0 Å². The second kappa shape index (κ2) is 8.49. The predicted octanol–water partition coefficient (Wildman–Crippen LogP) is 2.90. The number of amides is 1. The number of thiazole rings is 1. The minimum Gasteiger partial charge on any atom is -0.352 e. The van der Waals surface area contributed by atoms with Crippen molar-refractivity contribution < 1.29 is 4.79 Å². The first-order valence-corrected chi connectivity index (χ1v) is 10.6. The maximum absolute atomic E-state index is 12.5. The number of nitrogens with one attached hydrogen (secondary N) is 1. The zero-order valence-electron chi connectivity index (χ0n) is 15.8. The lowest BCUT2D eigenvalue weighted by Crippen LogP contribution is -2.47. The fourth-order valence-electron chi connectivity index (χ4n) is 4.05. The average molecular weight is 365 g/mol. The molecule has 1 N–H and O–H groups in total. The Morgan fingerprint density at radius 3 is 2.84 bits per heavy atom. The van der Waals surface area contributed by atoms with Gasteiger partial charge in [-0.2, -0.15) is 0 Å². The number of nitrogens with zero attached hydrogens (tertiary/aromatic N) is 3. The van der Waals surface area contributed by atoms with E-state index in [0.29, 0.717) is 24.4 Å². The van der Waals surface area contributed by atoms with Crippen LogP contribution in [0, 0.1) is 18.8 Å². The molecule has 0 bridgehead atoms. The summed E-state index contributed by atoms with van der Waals surface area (Å²) in [6, 6.07) is 0.359. The zero-order valence-corrected chi connectivity index (χ0v) is 16.6. The molecule has 2 aliphatic rings. The van der Waals surface area contributed by atoms with Crippen LogP contribution < -0.4 is 10.2 Å². The molecule has 2 heterocycles. The second-order valence-electron chi connectivity index (χ2n) is 7.83. The van der Waals surface area contributed by atoms with E-state index >= 15 is 0 Å². The summed E-state index contributed by atoms with van der Waals surface area (Å²) < 4.78 is 0. The Morgan fingerprint density at radius 2 is 2.08 bits per heavy atom. The van der Waals surface area contributed by atoms with Gasteiger partial charge in [-0.25, -0.2) is 4.98 Å².